The van der Waals surface area contributed by atoms with Gasteiger partial charge < -0.3 is 20.1 Å². The molecule has 0 saturated carbocycles. The van der Waals surface area contributed by atoms with Crippen LogP contribution in [-0.2, 0) is 11.3 Å². The molecule has 1 aliphatic heterocycles. The first kappa shape index (κ1) is 17.3. The van der Waals surface area contributed by atoms with E-state index in [4.69, 9.17) is 15.2 Å². The topological polar surface area (TPSA) is 64.8 Å². The molecule has 0 spiro atoms. The Morgan fingerprint density at radius 1 is 1.28 bits per heavy atom. The molecule has 1 heterocycles. The van der Waals surface area contributed by atoms with Gasteiger partial charge in [0.15, 0.2) is 0 Å². The molecule has 2 aromatic carbocycles. The van der Waals surface area contributed by atoms with E-state index >= 15 is 0 Å². The Bertz CT molecular complexity index is 726. The Labute approximate surface area is 148 Å². The van der Waals surface area contributed by atoms with Crippen molar-refractivity contribution in [2.75, 3.05) is 26.0 Å². The molecule has 0 unspecified atom stereocenters. The Kier molecular flexibility index (Phi) is 5.56. The number of hydrogen-bond acceptors (Lipinski definition) is 4. The van der Waals surface area contributed by atoms with Gasteiger partial charge in [-0.05, 0) is 48.7 Å². The van der Waals surface area contributed by atoms with Gasteiger partial charge in [0.05, 0.1) is 13.2 Å². The van der Waals surface area contributed by atoms with Crippen LogP contribution in [0.2, 0.25) is 0 Å². The van der Waals surface area contributed by atoms with Crippen molar-refractivity contribution in [3.63, 3.8) is 0 Å². The van der Waals surface area contributed by atoms with E-state index in [9.17, 15) is 4.79 Å². The zero-order chi connectivity index (χ0) is 17.6. The van der Waals surface area contributed by atoms with Gasteiger partial charge in [-0.3, -0.25) is 4.79 Å². The highest BCUT2D eigenvalue weighted by Gasteiger charge is 2.24. The second-order valence-corrected chi connectivity index (χ2v) is 6.30. The van der Waals surface area contributed by atoms with E-state index in [0.29, 0.717) is 24.3 Å². The fourth-order valence-corrected chi connectivity index (χ4v) is 3.10. The highest BCUT2D eigenvalue weighted by atomic mass is 16.5. The summed E-state index contributed by atoms with van der Waals surface area (Å²) in [6.07, 6.45) is 2.12. The Morgan fingerprint density at radius 2 is 2.12 bits per heavy atom. The minimum atomic E-state index is -0.0365. The van der Waals surface area contributed by atoms with Crippen LogP contribution in [-0.4, -0.2) is 37.2 Å². The third kappa shape index (κ3) is 4.51. The van der Waals surface area contributed by atoms with Crippen molar-refractivity contribution in [2.45, 2.75) is 25.5 Å². The summed E-state index contributed by atoms with van der Waals surface area (Å²) in [6.45, 7) is 1.85. The summed E-state index contributed by atoms with van der Waals surface area (Å²) in [6, 6.07) is 14.9. The lowest BCUT2D eigenvalue weighted by atomic mass is 10.1. The largest absolute Gasteiger partial charge is 0.497 e. The summed E-state index contributed by atoms with van der Waals surface area (Å²) >= 11 is 0. The zero-order valence-electron chi connectivity index (χ0n) is 14.5. The Hall–Kier alpha value is -2.53. The fraction of sp³-hybridized carbons (Fsp3) is 0.350. The van der Waals surface area contributed by atoms with Crippen LogP contribution >= 0.6 is 0 Å². The van der Waals surface area contributed by atoms with Crippen LogP contribution in [0.25, 0.3) is 0 Å². The first-order valence-corrected chi connectivity index (χ1v) is 8.55. The molecule has 0 aromatic heterocycles. The lowest BCUT2D eigenvalue weighted by Crippen LogP contribution is -2.37. The number of nitrogens with zero attached hydrogens (tertiary/aromatic N) is 1. The SMILES string of the molecule is COc1cccc(CN(C[C@@H]2CCCO2)C(=O)c2cccc(N)c2)c1. The molecule has 1 aliphatic rings. The number of nitrogen functional groups attached to an aromatic ring is 1. The monoisotopic (exact) mass is 340 g/mol. The highest BCUT2D eigenvalue weighted by molar-refractivity contribution is 5.95. The number of hydrogen-bond donors (Lipinski definition) is 1. The van der Waals surface area contributed by atoms with E-state index in [0.717, 1.165) is 30.8 Å². The van der Waals surface area contributed by atoms with Crippen LogP contribution in [0.4, 0.5) is 5.69 Å². The van der Waals surface area contributed by atoms with Gasteiger partial charge in [-0.25, -0.2) is 0 Å². The first-order valence-electron chi connectivity index (χ1n) is 8.55. The summed E-state index contributed by atoms with van der Waals surface area (Å²) in [5.41, 5.74) is 8.05. The average Bonchev–Trinajstić information content (AvgIpc) is 3.14. The molecular formula is C20H24N2O3. The number of carbonyl (C=O) groups is 1. The molecule has 3 rings (SSSR count). The number of methoxy groups -OCH3 is 1. The quantitative estimate of drug-likeness (QED) is 0.821. The van der Waals surface area contributed by atoms with E-state index in [2.05, 4.69) is 0 Å². The van der Waals surface area contributed by atoms with E-state index in [1.807, 2.05) is 29.2 Å². The number of ether oxygens (including phenoxy) is 2. The number of anilines is 1. The third-order valence-electron chi connectivity index (χ3n) is 4.38. The van der Waals surface area contributed by atoms with Gasteiger partial charge in [-0.1, -0.05) is 18.2 Å². The van der Waals surface area contributed by atoms with Crippen LogP contribution < -0.4 is 10.5 Å². The molecule has 2 aromatic rings. The lowest BCUT2D eigenvalue weighted by molar-refractivity contribution is 0.0507. The lowest BCUT2D eigenvalue weighted by Gasteiger charge is -2.26. The molecule has 2 N–H and O–H groups in total. The van der Waals surface area contributed by atoms with Crippen molar-refractivity contribution in [1.82, 2.24) is 4.90 Å². The minimum Gasteiger partial charge on any atom is -0.497 e. The zero-order valence-corrected chi connectivity index (χ0v) is 14.5. The second kappa shape index (κ2) is 8.03. The van der Waals surface area contributed by atoms with Crippen molar-refractivity contribution >= 4 is 11.6 Å². The predicted octanol–water partition coefficient (Wildman–Crippen LogP) is 3.10. The van der Waals surface area contributed by atoms with Gasteiger partial charge in [0.2, 0.25) is 0 Å². The van der Waals surface area contributed by atoms with Crippen molar-refractivity contribution in [3.05, 3.63) is 59.7 Å². The maximum atomic E-state index is 13.0. The number of benzene rings is 2. The molecule has 0 aliphatic carbocycles. The highest BCUT2D eigenvalue weighted by Crippen LogP contribution is 2.20. The van der Waals surface area contributed by atoms with Crippen molar-refractivity contribution in [1.29, 1.82) is 0 Å². The first-order chi connectivity index (χ1) is 12.2. The van der Waals surface area contributed by atoms with E-state index in [1.165, 1.54) is 0 Å². The van der Waals surface area contributed by atoms with Crippen molar-refractivity contribution in [2.24, 2.45) is 0 Å². The standard InChI is InChI=1S/C20H24N2O3/c1-24-18-8-2-5-15(11-18)13-22(14-19-9-4-10-25-19)20(23)16-6-3-7-17(21)12-16/h2-3,5-8,11-12,19H,4,9-10,13-14,21H2,1H3/t19-/m0/s1. The summed E-state index contributed by atoms with van der Waals surface area (Å²) in [7, 11) is 1.64. The minimum absolute atomic E-state index is 0.0365. The van der Waals surface area contributed by atoms with E-state index < -0.39 is 0 Å². The molecule has 0 bridgehead atoms. The third-order valence-corrected chi connectivity index (χ3v) is 4.38. The second-order valence-electron chi connectivity index (χ2n) is 6.30. The molecule has 25 heavy (non-hydrogen) atoms. The Balaban J connectivity index is 1.81. The molecular weight excluding hydrogens is 316 g/mol. The molecule has 132 valence electrons. The maximum Gasteiger partial charge on any atom is 0.254 e. The molecule has 1 saturated heterocycles. The van der Waals surface area contributed by atoms with Crippen LogP contribution in [0.1, 0.15) is 28.8 Å². The normalized spacial score (nSPS) is 16.6. The fourth-order valence-electron chi connectivity index (χ4n) is 3.10. The van der Waals surface area contributed by atoms with Crippen molar-refractivity contribution < 1.29 is 14.3 Å². The van der Waals surface area contributed by atoms with Gasteiger partial charge >= 0.3 is 0 Å². The van der Waals surface area contributed by atoms with Crippen LogP contribution in [0, 0.1) is 0 Å². The van der Waals surface area contributed by atoms with Crippen LogP contribution in [0.5, 0.6) is 5.75 Å². The number of amides is 1. The summed E-state index contributed by atoms with van der Waals surface area (Å²) in [5.74, 6) is 0.747. The van der Waals surface area contributed by atoms with Gasteiger partial charge in [-0.15, -0.1) is 0 Å². The number of carbonyl (C=O) groups excluding carboxylic acids is 1. The molecule has 1 atom stereocenters. The predicted molar refractivity (Wildman–Crippen MR) is 97.6 cm³/mol. The summed E-state index contributed by atoms with van der Waals surface area (Å²) < 4.78 is 11.0. The maximum absolute atomic E-state index is 13.0. The Morgan fingerprint density at radius 3 is 2.84 bits per heavy atom. The molecule has 1 fully saturated rings. The van der Waals surface area contributed by atoms with Crippen LogP contribution in [0.3, 0.4) is 0 Å². The number of rotatable bonds is 6. The van der Waals surface area contributed by atoms with Gasteiger partial charge in [-0.2, -0.15) is 0 Å². The van der Waals surface area contributed by atoms with Crippen LogP contribution in [0.15, 0.2) is 48.5 Å². The average molecular weight is 340 g/mol. The summed E-state index contributed by atoms with van der Waals surface area (Å²) in [4.78, 5) is 14.9. The smallest absolute Gasteiger partial charge is 0.254 e. The van der Waals surface area contributed by atoms with Gasteiger partial charge in [0.25, 0.3) is 5.91 Å². The summed E-state index contributed by atoms with van der Waals surface area (Å²) in [5, 5.41) is 0. The molecule has 5 heteroatoms. The van der Waals surface area contributed by atoms with Gasteiger partial charge in [0, 0.05) is 30.9 Å². The van der Waals surface area contributed by atoms with E-state index in [1.54, 1.807) is 31.4 Å². The number of nitrogens with two attached hydrogens (primary N) is 1. The molecule has 5 nitrogen and oxygen atoms in total. The van der Waals surface area contributed by atoms with Gasteiger partial charge in [0.1, 0.15) is 5.75 Å². The van der Waals surface area contributed by atoms with E-state index in [-0.39, 0.29) is 12.0 Å². The van der Waals surface area contributed by atoms with Crippen molar-refractivity contribution in [3.8, 4) is 5.75 Å². The molecule has 1 amide bonds. The molecule has 0 radical (unpaired) electrons.